The molecule has 1 N–H and O–H groups in total. The first kappa shape index (κ1) is 13.0. The van der Waals surface area contributed by atoms with Crippen molar-refractivity contribution in [3.63, 3.8) is 0 Å². The number of hydrogen-bond donors (Lipinski definition) is 1. The maximum atomic E-state index is 10.4. The van der Waals surface area contributed by atoms with Gasteiger partial charge in [-0.2, -0.15) is 0 Å². The third-order valence-electron chi connectivity index (χ3n) is 1.87. The van der Waals surface area contributed by atoms with Crippen molar-refractivity contribution >= 4 is 5.97 Å². The smallest absolute Gasteiger partial charge is 0.303 e. The van der Waals surface area contributed by atoms with Crippen molar-refractivity contribution in [3.05, 3.63) is 0 Å². The molecule has 80 valence electrons. The van der Waals surface area contributed by atoms with E-state index in [-0.39, 0.29) is 24.4 Å². The monoisotopic (exact) mass is 198 g/mol. The second kappa shape index (κ2) is 6.44. The topological polar surface area (TPSA) is 46.5 Å². The molecule has 0 saturated carbocycles. The summed E-state index contributed by atoms with van der Waals surface area (Å²) in [4.78, 5) is 10.4. The van der Waals surface area contributed by atoms with Gasteiger partial charge in [-0.25, -0.2) is 0 Å². The zero-order chi connectivity index (χ0) is 11.1. The Balaban J connectivity index is 3.91. The molecule has 0 rings (SSSR count). The van der Waals surface area contributed by atoms with Crippen molar-refractivity contribution in [1.29, 1.82) is 0 Å². The van der Waals surface area contributed by atoms with Gasteiger partial charge in [-0.05, 0) is 12.8 Å². The number of rotatable bonds is 3. The zero-order valence-electron chi connectivity index (χ0n) is 9.20. The highest BCUT2D eigenvalue weighted by Gasteiger charge is 2.14. The molecule has 0 unspecified atom stereocenters. The summed E-state index contributed by atoms with van der Waals surface area (Å²) in [5.74, 6) is 5.30. The molecule has 0 aromatic rings. The molecule has 0 heterocycles. The molecule has 0 bridgehead atoms. The normalized spacial score (nSPS) is 14.1. The van der Waals surface area contributed by atoms with Crippen LogP contribution in [0.1, 0.15) is 27.7 Å². The lowest BCUT2D eigenvalue weighted by Crippen LogP contribution is -2.22. The first-order valence-electron chi connectivity index (χ1n) is 4.75. The lowest BCUT2D eigenvalue weighted by atomic mass is 9.95. The van der Waals surface area contributed by atoms with E-state index in [9.17, 15) is 9.90 Å². The van der Waals surface area contributed by atoms with E-state index < -0.39 is 6.10 Å². The molecule has 3 nitrogen and oxygen atoms in total. The standard InChI is InChI=1S/C11H18O3/c1-8(2)11(13)9(3)6-5-7-14-10(4)12/h8-9,11,13H,7H2,1-4H3/t9-,11+/m1/s1. The summed E-state index contributed by atoms with van der Waals surface area (Å²) >= 11 is 0. The van der Waals surface area contributed by atoms with Crippen LogP contribution in [0.25, 0.3) is 0 Å². The van der Waals surface area contributed by atoms with Gasteiger partial charge in [-0.3, -0.25) is 4.79 Å². The third-order valence-corrected chi connectivity index (χ3v) is 1.87. The van der Waals surface area contributed by atoms with E-state index in [1.165, 1.54) is 6.92 Å². The lowest BCUT2D eigenvalue weighted by Gasteiger charge is -2.17. The SMILES string of the molecule is CC(=O)OCC#C[C@@H](C)[C@@H](O)C(C)C. The van der Waals surface area contributed by atoms with Crippen LogP contribution < -0.4 is 0 Å². The van der Waals surface area contributed by atoms with Crippen molar-refractivity contribution in [3.8, 4) is 11.8 Å². The van der Waals surface area contributed by atoms with Gasteiger partial charge < -0.3 is 9.84 Å². The minimum absolute atomic E-state index is 0.0921. The Morgan fingerprint density at radius 2 is 2.00 bits per heavy atom. The van der Waals surface area contributed by atoms with E-state index in [4.69, 9.17) is 0 Å². The van der Waals surface area contributed by atoms with Crippen molar-refractivity contribution in [2.45, 2.75) is 33.8 Å². The van der Waals surface area contributed by atoms with E-state index in [1.54, 1.807) is 0 Å². The van der Waals surface area contributed by atoms with Gasteiger partial charge in [0.05, 0.1) is 6.10 Å². The summed E-state index contributed by atoms with van der Waals surface area (Å²) in [5, 5.41) is 9.59. The number of esters is 1. The highest BCUT2D eigenvalue weighted by Crippen LogP contribution is 2.10. The molecular formula is C11H18O3. The van der Waals surface area contributed by atoms with Crippen LogP contribution >= 0.6 is 0 Å². The van der Waals surface area contributed by atoms with Crippen LogP contribution in [-0.2, 0) is 9.53 Å². The summed E-state index contributed by atoms with van der Waals surface area (Å²) in [6.45, 7) is 7.17. The highest BCUT2D eigenvalue weighted by molar-refractivity contribution is 5.66. The molecule has 14 heavy (non-hydrogen) atoms. The van der Waals surface area contributed by atoms with Gasteiger partial charge in [0.2, 0.25) is 0 Å². The second-order valence-corrected chi connectivity index (χ2v) is 3.62. The van der Waals surface area contributed by atoms with Gasteiger partial charge in [0.15, 0.2) is 6.61 Å². The molecule has 0 spiro atoms. The van der Waals surface area contributed by atoms with Gasteiger partial charge in [-0.15, -0.1) is 0 Å². The number of ether oxygens (including phenoxy) is 1. The summed E-state index contributed by atoms with van der Waals surface area (Å²) in [7, 11) is 0. The number of carbonyl (C=O) groups is 1. The minimum atomic E-state index is -0.431. The Kier molecular flexibility index (Phi) is 5.98. The molecule has 0 saturated heterocycles. The molecule has 0 aliphatic heterocycles. The summed E-state index contributed by atoms with van der Waals surface area (Å²) in [6, 6.07) is 0. The van der Waals surface area contributed by atoms with Gasteiger partial charge in [0, 0.05) is 12.8 Å². The highest BCUT2D eigenvalue weighted by atomic mass is 16.5. The largest absolute Gasteiger partial charge is 0.453 e. The average Bonchev–Trinajstić information content (AvgIpc) is 2.10. The predicted molar refractivity (Wildman–Crippen MR) is 54.4 cm³/mol. The molecule has 0 amide bonds. The van der Waals surface area contributed by atoms with Crippen molar-refractivity contribution in [1.82, 2.24) is 0 Å². The molecular weight excluding hydrogens is 180 g/mol. The fourth-order valence-corrected chi connectivity index (χ4v) is 1.00. The summed E-state index contributed by atoms with van der Waals surface area (Å²) in [6.07, 6.45) is -0.431. The maximum Gasteiger partial charge on any atom is 0.303 e. The number of aliphatic hydroxyl groups excluding tert-OH is 1. The average molecular weight is 198 g/mol. The Morgan fingerprint density at radius 1 is 1.43 bits per heavy atom. The quantitative estimate of drug-likeness (QED) is 0.547. The van der Waals surface area contributed by atoms with Crippen LogP contribution in [0.3, 0.4) is 0 Å². The van der Waals surface area contributed by atoms with Crippen LogP contribution in [0, 0.1) is 23.7 Å². The van der Waals surface area contributed by atoms with Crippen LogP contribution in [0.5, 0.6) is 0 Å². The molecule has 2 atom stereocenters. The maximum absolute atomic E-state index is 10.4. The first-order chi connectivity index (χ1) is 6.45. The van der Waals surface area contributed by atoms with Crippen molar-refractivity contribution in [2.24, 2.45) is 11.8 Å². The van der Waals surface area contributed by atoms with Crippen LogP contribution in [0.2, 0.25) is 0 Å². The second-order valence-electron chi connectivity index (χ2n) is 3.62. The molecule has 3 heteroatoms. The van der Waals surface area contributed by atoms with Crippen molar-refractivity contribution < 1.29 is 14.6 Å². The lowest BCUT2D eigenvalue weighted by molar-refractivity contribution is -0.139. The van der Waals surface area contributed by atoms with Gasteiger partial charge in [0.25, 0.3) is 0 Å². The van der Waals surface area contributed by atoms with E-state index in [0.29, 0.717) is 0 Å². The van der Waals surface area contributed by atoms with Crippen LogP contribution in [0.15, 0.2) is 0 Å². The Hall–Kier alpha value is -1.01. The number of hydrogen-bond acceptors (Lipinski definition) is 3. The van der Waals surface area contributed by atoms with Gasteiger partial charge in [0.1, 0.15) is 0 Å². The fourth-order valence-electron chi connectivity index (χ4n) is 1.00. The predicted octanol–water partition coefficient (Wildman–Crippen LogP) is 1.21. The third kappa shape index (κ3) is 5.60. The number of carbonyl (C=O) groups excluding carboxylic acids is 1. The minimum Gasteiger partial charge on any atom is -0.453 e. The van der Waals surface area contributed by atoms with Gasteiger partial charge in [-0.1, -0.05) is 25.7 Å². The van der Waals surface area contributed by atoms with E-state index in [1.807, 2.05) is 20.8 Å². The first-order valence-corrected chi connectivity index (χ1v) is 4.75. The summed E-state index contributed by atoms with van der Waals surface area (Å²) < 4.78 is 4.64. The van der Waals surface area contributed by atoms with E-state index in [0.717, 1.165) is 0 Å². The Morgan fingerprint density at radius 3 is 2.43 bits per heavy atom. The van der Waals surface area contributed by atoms with E-state index >= 15 is 0 Å². The number of aliphatic hydroxyl groups is 1. The Labute approximate surface area is 85.5 Å². The fraction of sp³-hybridized carbons (Fsp3) is 0.727. The molecule has 0 aromatic carbocycles. The molecule has 0 aliphatic carbocycles. The summed E-state index contributed by atoms with van der Waals surface area (Å²) in [5.41, 5.74) is 0. The molecule has 0 aromatic heterocycles. The molecule has 0 aliphatic rings. The van der Waals surface area contributed by atoms with Crippen molar-refractivity contribution in [2.75, 3.05) is 6.61 Å². The van der Waals surface area contributed by atoms with Crippen LogP contribution in [-0.4, -0.2) is 23.8 Å². The van der Waals surface area contributed by atoms with Crippen LogP contribution in [0.4, 0.5) is 0 Å². The molecule has 0 radical (unpaired) electrons. The Bertz CT molecular complexity index is 235. The molecule has 0 fully saturated rings. The van der Waals surface area contributed by atoms with E-state index in [2.05, 4.69) is 16.6 Å². The zero-order valence-corrected chi connectivity index (χ0v) is 9.20. The van der Waals surface area contributed by atoms with Gasteiger partial charge >= 0.3 is 5.97 Å².